The van der Waals surface area contributed by atoms with E-state index in [-0.39, 0.29) is 29.7 Å². The molecule has 1 saturated carbocycles. The molecule has 184 valence electrons. The van der Waals surface area contributed by atoms with Crippen LogP contribution in [-0.2, 0) is 9.59 Å². The van der Waals surface area contributed by atoms with Crippen molar-refractivity contribution in [1.29, 1.82) is 5.26 Å². The van der Waals surface area contributed by atoms with Crippen LogP contribution in [0.1, 0.15) is 89.7 Å². The number of nitrogens with zero attached hydrogens (tertiary/aromatic N) is 1. The van der Waals surface area contributed by atoms with Crippen LogP contribution in [0.4, 0.5) is 0 Å². The molecule has 0 saturated heterocycles. The Hall–Kier alpha value is -2.65. The predicted molar refractivity (Wildman–Crippen MR) is 134 cm³/mol. The Kier molecular flexibility index (Phi) is 8.54. The number of aliphatic hydroxyl groups is 1. The van der Waals surface area contributed by atoms with Gasteiger partial charge in [0.15, 0.2) is 0 Å². The Morgan fingerprint density at radius 1 is 1.21 bits per heavy atom. The van der Waals surface area contributed by atoms with Crippen LogP contribution in [0.3, 0.4) is 0 Å². The Bertz CT molecular complexity index is 954. The number of benzene rings is 1. The van der Waals surface area contributed by atoms with E-state index in [0.717, 1.165) is 30.4 Å². The number of carbonyl (C=O) groups excluding carboxylic acids is 2. The summed E-state index contributed by atoms with van der Waals surface area (Å²) in [6.07, 6.45) is 7.17. The molecule has 4 atom stereocenters. The van der Waals surface area contributed by atoms with Crippen LogP contribution in [0.2, 0.25) is 0 Å². The summed E-state index contributed by atoms with van der Waals surface area (Å²) in [6, 6.07) is 9.45. The third-order valence-corrected chi connectivity index (χ3v) is 6.96. The standard InChI is InChI=1S/C28H39N3O3/c1-18(2)15-20(17-29)30-26(32)23-11-7-8-12-25(23)31-27(33)24-16-19-9-5-6-10-21(19)22(24)13-14-28(3,4)34/h5-6,9-10,16,18,20,22-23,25,34H,7-8,11-15H2,1-4H3,(H,30,32)(H,31,33)/t20-,22?,23+,25-/m0/s1. The van der Waals surface area contributed by atoms with Gasteiger partial charge in [0.05, 0.1) is 17.6 Å². The van der Waals surface area contributed by atoms with Crippen LogP contribution in [0.15, 0.2) is 29.8 Å². The summed E-state index contributed by atoms with van der Waals surface area (Å²) < 4.78 is 0. The zero-order valence-electron chi connectivity index (χ0n) is 20.9. The molecule has 3 rings (SSSR count). The summed E-state index contributed by atoms with van der Waals surface area (Å²) in [5.41, 5.74) is 2.04. The van der Waals surface area contributed by atoms with Crippen LogP contribution >= 0.6 is 0 Å². The summed E-state index contributed by atoms with van der Waals surface area (Å²) in [7, 11) is 0. The summed E-state index contributed by atoms with van der Waals surface area (Å²) >= 11 is 0. The third-order valence-electron chi connectivity index (χ3n) is 6.96. The number of hydrogen-bond donors (Lipinski definition) is 3. The van der Waals surface area contributed by atoms with Crippen LogP contribution < -0.4 is 10.6 Å². The monoisotopic (exact) mass is 465 g/mol. The quantitative estimate of drug-likeness (QED) is 0.501. The van der Waals surface area contributed by atoms with Crippen molar-refractivity contribution in [2.45, 2.75) is 96.2 Å². The van der Waals surface area contributed by atoms with Crippen molar-refractivity contribution in [2.75, 3.05) is 0 Å². The fourth-order valence-electron chi connectivity index (χ4n) is 5.19. The summed E-state index contributed by atoms with van der Waals surface area (Å²) in [6.45, 7) is 7.64. The highest BCUT2D eigenvalue weighted by Gasteiger charge is 2.36. The van der Waals surface area contributed by atoms with Gasteiger partial charge in [-0.1, -0.05) is 51.0 Å². The zero-order chi connectivity index (χ0) is 24.9. The molecule has 3 N–H and O–H groups in total. The van der Waals surface area contributed by atoms with Crippen molar-refractivity contribution in [3.8, 4) is 6.07 Å². The molecule has 1 aromatic carbocycles. The zero-order valence-corrected chi connectivity index (χ0v) is 20.9. The molecule has 0 aliphatic heterocycles. The molecule has 0 spiro atoms. The number of rotatable bonds is 9. The van der Waals surface area contributed by atoms with Gasteiger partial charge in [0.2, 0.25) is 11.8 Å². The van der Waals surface area contributed by atoms with Gasteiger partial charge < -0.3 is 15.7 Å². The molecule has 1 aromatic rings. The highest BCUT2D eigenvalue weighted by molar-refractivity contribution is 6.02. The minimum Gasteiger partial charge on any atom is -0.390 e. The molecule has 0 aromatic heterocycles. The first kappa shape index (κ1) is 26.0. The van der Waals surface area contributed by atoms with E-state index < -0.39 is 11.6 Å². The maximum Gasteiger partial charge on any atom is 0.248 e. The van der Waals surface area contributed by atoms with E-state index in [4.69, 9.17) is 0 Å². The lowest BCUT2D eigenvalue weighted by atomic mass is 9.82. The van der Waals surface area contributed by atoms with Gasteiger partial charge in [-0.05, 0) is 69.1 Å². The number of fused-ring (bicyclic) bond motifs is 1. The van der Waals surface area contributed by atoms with E-state index in [1.54, 1.807) is 13.8 Å². The first-order chi connectivity index (χ1) is 16.1. The number of amides is 2. The minimum absolute atomic E-state index is 0.0764. The van der Waals surface area contributed by atoms with E-state index in [1.807, 2.05) is 38.1 Å². The average Bonchev–Trinajstić information content (AvgIpc) is 3.15. The molecule has 1 fully saturated rings. The first-order valence-corrected chi connectivity index (χ1v) is 12.6. The molecule has 0 bridgehead atoms. The highest BCUT2D eigenvalue weighted by Crippen LogP contribution is 2.40. The fourth-order valence-corrected chi connectivity index (χ4v) is 5.19. The average molecular weight is 466 g/mol. The first-order valence-electron chi connectivity index (χ1n) is 12.6. The van der Waals surface area contributed by atoms with Crippen molar-refractivity contribution in [1.82, 2.24) is 10.6 Å². The normalized spacial score (nSPS) is 23.0. The smallest absolute Gasteiger partial charge is 0.248 e. The molecule has 34 heavy (non-hydrogen) atoms. The van der Waals surface area contributed by atoms with Crippen molar-refractivity contribution in [3.63, 3.8) is 0 Å². The Labute approximate surface area is 203 Å². The van der Waals surface area contributed by atoms with Crippen LogP contribution in [0.25, 0.3) is 6.08 Å². The molecule has 6 heteroatoms. The molecule has 6 nitrogen and oxygen atoms in total. The van der Waals surface area contributed by atoms with E-state index in [0.29, 0.717) is 37.2 Å². The number of hydrogen-bond acceptors (Lipinski definition) is 4. The fraction of sp³-hybridized carbons (Fsp3) is 0.607. The van der Waals surface area contributed by atoms with Crippen molar-refractivity contribution < 1.29 is 14.7 Å². The van der Waals surface area contributed by atoms with E-state index >= 15 is 0 Å². The van der Waals surface area contributed by atoms with Gasteiger partial charge in [0, 0.05) is 17.5 Å². The number of nitrogens with one attached hydrogen (secondary N) is 2. The van der Waals surface area contributed by atoms with Crippen LogP contribution in [0, 0.1) is 23.2 Å². The van der Waals surface area contributed by atoms with Crippen molar-refractivity contribution >= 4 is 17.9 Å². The molecule has 0 radical (unpaired) electrons. The van der Waals surface area contributed by atoms with Gasteiger partial charge in [-0.3, -0.25) is 9.59 Å². The number of carbonyl (C=O) groups is 2. The van der Waals surface area contributed by atoms with E-state index in [1.165, 1.54) is 0 Å². The Morgan fingerprint density at radius 2 is 1.91 bits per heavy atom. The molecular formula is C28H39N3O3. The Balaban J connectivity index is 1.73. The second kappa shape index (κ2) is 11.2. The molecule has 0 heterocycles. The van der Waals surface area contributed by atoms with Gasteiger partial charge in [0.25, 0.3) is 0 Å². The van der Waals surface area contributed by atoms with Crippen LogP contribution in [-0.4, -0.2) is 34.6 Å². The maximum absolute atomic E-state index is 13.5. The van der Waals surface area contributed by atoms with Gasteiger partial charge >= 0.3 is 0 Å². The summed E-state index contributed by atoms with van der Waals surface area (Å²) in [4.78, 5) is 26.5. The summed E-state index contributed by atoms with van der Waals surface area (Å²) in [5, 5.41) is 25.8. The van der Waals surface area contributed by atoms with Gasteiger partial charge in [-0.2, -0.15) is 5.26 Å². The topological polar surface area (TPSA) is 102 Å². The minimum atomic E-state index is -0.807. The molecule has 2 aliphatic rings. The van der Waals surface area contributed by atoms with Crippen molar-refractivity contribution in [3.05, 3.63) is 41.0 Å². The predicted octanol–water partition coefficient (Wildman–Crippen LogP) is 4.45. The Morgan fingerprint density at radius 3 is 2.59 bits per heavy atom. The molecule has 2 aliphatic carbocycles. The summed E-state index contributed by atoms with van der Waals surface area (Å²) in [5.74, 6) is -0.379. The van der Waals surface area contributed by atoms with Crippen LogP contribution in [0.5, 0.6) is 0 Å². The second-order valence-corrected chi connectivity index (χ2v) is 10.9. The molecule has 2 amide bonds. The van der Waals surface area contributed by atoms with Crippen molar-refractivity contribution in [2.24, 2.45) is 11.8 Å². The molecule has 1 unspecified atom stereocenters. The maximum atomic E-state index is 13.5. The lowest BCUT2D eigenvalue weighted by Crippen LogP contribution is -2.50. The van der Waals surface area contributed by atoms with Gasteiger partial charge in [0.1, 0.15) is 6.04 Å². The lowest BCUT2D eigenvalue weighted by Gasteiger charge is -2.32. The second-order valence-electron chi connectivity index (χ2n) is 10.9. The largest absolute Gasteiger partial charge is 0.390 e. The molecular weight excluding hydrogens is 426 g/mol. The van der Waals surface area contributed by atoms with Gasteiger partial charge in [-0.15, -0.1) is 0 Å². The highest BCUT2D eigenvalue weighted by atomic mass is 16.3. The van der Waals surface area contributed by atoms with Gasteiger partial charge in [-0.25, -0.2) is 0 Å². The third kappa shape index (κ3) is 6.70. The lowest BCUT2D eigenvalue weighted by molar-refractivity contribution is -0.128. The SMILES string of the molecule is CC(C)C[C@@H](C#N)NC(=O)[C@@H]1CCCC[C@@H]1NC(=O)C1=Cc2ccccc2C1CCC(C)(C)O. The van der Waals surface area contributed by atoms with E-state index in [2.05, 4.69) is 22.8 Å². The number of nitriles is 1. The van der Waals surface area contributed by atoms with E-state index in [9.17, 15) is 20.0 Å².